The summed E-state index contributed by atoms with van der Waals surface area (Å²) < 4.78 is 24.4. The van der Waals surface area contributed by atoms with Crippen molar-refractivity contribution in [3.63, 3.8) is 0 Å². The third-order valence-electron chi connectivity index (χ3n) is 0. The van der Waals surface area contributed by atoms with E-state index in [-0.39, 0.29) is 22.4 Å². The van der Waals surface area contributed by atoms with Crippen molar-refractivity contribution in [2.24, 2.45) is 0 Å². The van der Waals surface area contributed by atoms with E-state index in [0.717, 1.165) is 0 Å². The first-order chi connectivity index (χ1) is 2.73. The number of hydrogen-bond donors (Lipinski definition) is 1. The van der Waals surface area contributed by atoms with Gasteiger partial charge in [0.25, 0.3) is 0 Å². The summed E-state index contributed by atoms with van der Waals surface area (Å²) >= 11 is -3.54. The van der Waals surface area contributed by atoms with Crippen molar-refractivity contribution in [3.8, 4) is 0 Å². The first-order valence-corrected chi connectivity index (χ1v) is 2.90. The van der Waals surface area contributed by atoms with Gasteiger partial charge < -0.3 is 11.8 Å². The summed E-state index contributed by atoms with van der Waals surface area (Å²) in [5, 5.41) is 6.25. The Balaban J connectivity index is -0.0000000480. The van der Waals surface area contributed by atoms with Gasteiger partial charge in [0.1, 0.15) is 0 Å². The molecule has 0 aliphatic heterocycles. The van der Waals surface area contributed by atoms with Gasteiger partial charge in [-0.25, -0.2) is 0 Å². The van der Waals surface area contributed by atoms with Crippen LogP contribution < -0.4 is 0 Å². The van der Waals surface area contributed by atoms with Crippen molar-refractivity contribution < 1.29 is 34.2 Å². The Morgan fingerprint density at radius 2 is 1.43 bits per heavy atom. The van der Waals surface area contributed by atoms with Gasteiger partial charge in [0, 0.05) is 0 Å². The molecule has 0 spiro atoms. The molecule has 0 aliphatic carbocycles. The summed E-state index contributed by atoms with van der Waals surface area (Å²) in [5.74, 6) is 0. The summed E-state index contributed by atoms with van der Waals surface area (Å²) in [6.07, 6.45) is 0. The van der Waals surface area contributed by atoms with Crippen LogP contribution in [0.1, 0.15) is 0 Å². The van der Waals surface area contributed by atoms with Crippen LogP contribution in [0.5, 0.6) is 0 Å². The topological polar surface area (TPSA) is 78.2 Å². The van der Waals surface area contributed by atoms with Crippen molar-refractivity contribution in [2.45, 2.75) is 0 Å². The molecule has 4 nitrogen and oxygen atoms in total. The van der Waals surface area contributed by atoms with Crippen LogP contribution in [0.3, 0.4) is 0 Å². The van der Waals surface area contributed by atoms with Crippen molar-refractivity contribution >= 4 is 14.1 Å². The normalized spacial score (nSPS) is 3.86. The van der Waals surface area contributed by atoms with Gasteiger partial charge in [-0.2, -0.15) is 0 Å². The summed E-state index contributed by atoms with van der Waals surface area (Å²) in [5.41, 5.74) is 0. The Hall–Kier alpha value is 0.310. The van der Waals surface area contributed by atoms with Gasteiger partial charge in [-0.3, -0.25) is 0 Å². The maximum atomic E-state index is 8.65. The number of hydrogen-bond acceptors (Lipinski definition) is 3. The van der Waals surface area contributed by atoms with Crippen LogP contribution in [0.2, 0.25) is 0 Å². The molecular formula is CHAuNO3Se. The summed E-state index contributed by atoms with van der Waals surface area (Å²) in [7, 11) is 0. The first kappa shape index (κ1) is 15.7. The van der Waals surface area contributed by atoms with E-state index in [1.54, 1.807) is 0 Å². The van der Waals surface area contributed by atoms with E-state index in [4.69, 9.17) is 23.7 Å². The fourth-order valence-electron chi connectivity index (χ4n) is 0. The predicted molar refractivity (Wildman–Crippen MR) is 14.3 cm³/mol. The molecule has 7 heavy (non-hydrogen) atoms. The zero-order chi connectivity index (χ0) is 5.58. The van der Waals surface area contributed by atoms with E-state index in [1.807, 2.05) is 0 Å². The maximum absolute atomic E-state index is 8.65. The van der Waals surface area contributed by atoms with E-state index >= 15 is 0 Å². The van der Waals surface area contributed by atoms with Gasteiger partial charge in [-0.15, -0.1) is 0 Å². The molecule has 0 rings (SSSR count). The molecule has 0 saturated carbocycles. The molecule has 1 N–H and O–H groups in total. The summed E-state index contributed by atoms with van der Waals surface area (Å²) in [6, 6.07) is 0. The van der Waals surface area contributed by atoms with Crippen LogP contribution >= 0.6 is 0 Å². The van der Waals surface area contributed by atoms with Gasteiger partial charge >= 0.3 is 48.3 Å². The molecule has 0 unspecified atom stereocenters. The Bertz CT molecular complexity index is 88.4. The van der Waals surface area contributed by atoms with E-state index < -0.39 is 14.1 Å². The van der Waals surface area contributed by atoms with Crippen LogP contribution in [0.4, 0.5) is 0 Å². The van der Waals surface area contributed by atoms with E-state index in [2.05, 4.69) is 0 Å². The smallest absolute Gasteiger partial charge is 0.512 e. The molecule has 0 bridgehead atoms. The van der Waals surface area contributed by atoms with Gasteiger partial charge in [0.2, 0.25) is 0 Å². The Labute approximate surface area is 60.3 Å². The van der Waals surface area contributed by atoms with Gasteiger partial charge in [-0.1, -0.05) is 0 Å². The van der Waals surface area contributed by atoms with Gasteiger partial charge in [0.15, 0.2) is 0 Å². The SMILES string of the molecule is O=[Se](=O)O.[Au+].[C-]#N. The third-order valence-corrected chi connectivity index (χ3v) is 0. The average molecular weight is 351 g/mol. The number of nitrogens with zero attached hydrogens (tertiary/aromatic N) is 1. The third kappa shape index (κ3) is 1220. The number of rotatable bonds is 0. The molecule has 0 fully saturated rings. The fraction of sp³-hybridized carbons (Fsp3) is 0. The molecule has 0 aromatic rings. The largest absolute Gasteiger partial charge is 1.00 e. The average Bonchev–Trinajstić information content (AvgIpc) is 1.41. The van der Waals surface area contributed by atoms with Gasteiger partial charge in [0.05, 0.1) is 0 Å². The molecule has 6 heteroatoms. The second-order valence-electron chi connectivity index (χ2n) is 0.217. The molecule has 45 valence electrons. The van der Waals surface area contributed by atoms with Crippen LogP contribution in [-0.2, 0) is 30.0 Å². The standard InChI is InChI=1S/CN.Au.HO3Se/c1-2;;1-4(2)3/h;;(H,1,2,3)/q-1;+1;. The molecule has 0 saturated heterocycles. The maximum Gasteiger partial charge on any atom is 1.00 e. The monoisotopic (exact) mass is 352 g/mol. The predicted octanol–water partition coefficient (Wildman–Crippen LogP) is -1.08. The second kappa shape index (κ2) is 16.2. The van der Waals surface area contributed by atoms with Crippen LogP contribution in [-0.4, -0.2) is 18.3 Å². The molecule has 0 amide bonds. The first-order valence-electron chi connectivity index (χ1n) is 0.740. The minimum absolute atomic E-state index is 0. The molecule has 0 aliphatic rings. The zero-order valence-corrected chi connectivity index (χ0v) is 6.80. The van der Waals surface area contributed by atoms with Crippen molar-refractivity contribution in [1.29, 1.82) is 5.26 Å². The van der Waals surface area contributed by atoms with E-state index in [9.17, 15) is 0 Å². The minimum Gasteiger partial charge on any atom is -0.512 e. The fourth-order valence-corrected chi connectivity index (χ4v) is 0. The van der Waals surface area contributed by atoms with Crippen LogP contribution in [0.25, 0.3) is 0 Å². The molecule has 1 radical (unpaired) electrons. The van der Waals surface area contributed by atoms with Crippen LogP contribution in [0.15, 0.2) is 0 Å². The van der Waals surface area contributed by atoms with Crippen LogP contribution in [0, 0.1) is 11.8 Å². The Morgan fingerprint density at radius 1 is 1.43 bits per heavy atom. The van der Waals surface area contributed by atoms with Crippen molar-refractivity contribution in [2.75, 3.05) is 0 Å². The summed E-state index contributed by atoms with van der Waals surface area (Å²) in [4.78, 5) is 0. The quantitative estimate of drug-likeness (QED) is 0.445. The van der Waals surface area contributed by atoms with Gasteiger partial charge in [-0.05, 0) is 0 Å². The van der Waals surface area contributed by atoms with Crippen molar-refractivity contribution in [1.82, 2.24) is 0 Å². The van der Waals surface area contributed by atoms with E-state index in [0.29, 0.717) is 0 Å². The van der Waals surface area contributed by atoms with E-state index in [1.165, 1.54) is 0 Å². The second-order valence-corrected chi connectivity index (χ2v) is 1.13. The minimum atomic E-state index is -3.54. The molecule has 0 aromatic heterocycles. The molecular weight excluding hydrogens is 350 g/mol. The molecule has 0 heterocycles. The Kier molecular flexibility index (Phi) is 36.3. The molecule has 0 atom stereocenters. The zero-order valence-electron chi connectivity index (χ0n) is 2.92. The summed E-state index contributed by atoms with van der Waals surface area (Å²) in [6.45, 7) is 4.75. The Morgan fingerprint density at radius 3 is 1.43 bits per heavy atom. The molecule has 0 aromatic carbocycles. The van der Waals surface area contributed by atoms with Crippen molar-refractivity contribution in [3.05, 3.63) is 6.57 Å².